The molecule has 1 aliphatic rings. The maximum atomic E-state index is 10.8. The predicted molar refractivity (Wildman–Crippen MR) is 77.9 cm³/mol. The fourth-order valence-electron chi connectivity index (χ4n) is 2.04. The number of carbonyl (C=O) groups is 1. The Bertz CT molecular complexity index is 607. The Labute approximate surface area is 121 Å². The lowest BCUT2D eigenvalue weighted by Gasteiger charge is -2.09. The lowest BCUT2D eigenvalue weighted by atomic mass is 10.3. The van der Waals surface area contributed by atoms with Gasteiger partial charge in [0.2, 0.25) is 5.91 Å². The highest BCUT2D eigenvalue weighted by atomic mass is 32.2. The molecule has 1 aromatic carbocycles. The minimum atomic E-state index is -0.286. The van der Waals surface area contributed by atoms with E-state index >= 15 is 0 Å². The number of hydrogen-bond acceptors (Lipinski definition) is 4. The first kappa shape index (κ1) is 13.2. The number of carbonyl (C=O) groups excluding carboxylic acids is 1. The average Bonchev–Trinajstić information content (AvgIpc) is 3.20. The van der Waals surface area contributed by atoms with Gasteiger partial charge in [0.15, 0.2) is 5.16 Å². The lowest BCUT2D eigenvalue weighted by Crippen LogP contribution is -2.11. The molecule has 1 saturated carbocycles. The summed E-state index contributed by atoms with van der Waals surface area (Å²) in [5.41, 5.74) is 6.24. The first-order valence-corrected chi connectivity index (χ1v) is 7.66. The number of para-hydroxylation sites is 1. The molecule has 0 aliphatic heterocycles. The van der Waals surface area contributed by atoms with Crippen LogP contribution in [0.15, 0.2) is 35.5 Å². The number of rotatable bonds is 6. The second kappa shape index (κ2) is 5.66. The third kappa shape index (κ3) is 2.85. The molecule has 1 aliphatic carbocycles. The highest BCUT2D eigenvalue weighted by molar-refractivity contribution is 7.99. The Morgan fingerprint density at radius 2 is 2.05 bits per heavy atom. The molecule has 1 fully saturated rings. The molecule has 1 amide bonds. The minimum absolute atomic E-state index is 0.286. The summed E-state index contributed by atoms with van der Waals surface area (Å²) in [6.07, 6.45) is 2.71. The SMILES string of the molecule is NC(=O)CCSc1nnc(C2CC2)n1-c1ccccc1. The molecule has 1 aromatic heterocycles. The van der Waals surface area contributed by atoms with E-state index in [4.69, 9.17) is 5.73 Å². The maximum Gasteiger partial charge on any atom is 0.218 e. The molecule has 0 unspecified atom stereocenters. The molecule has 1 heterocycles. The highest BCUT2D eigenvalue weighted by Crippen LogP contribution is 2.41. The topological polar surface area (TPSA) is 73.8 Å². The average molecular weight is 288 g/mol. The largest absolute Gasteiger partial charge is 0.370 e. The summed E-state index contributed by atoms with van der Waals surface area (Å²) in [6.45, 7) is 0. The van der Waals surface area contributed by atoms with Gasteiger partial charge in [-0.25, -0.2) is 0 Å². The van der Waals surface area contributed by atoms with Crippen LogP contribution < -0.4 is 5.73 Å². The minimum Gasteiger partial charge on any atom is -0.370 e. The van der Waals surface area contributed by atoms with Crippen LogP contribution in [0.2, 0.25) is 0 Å². The van der Waals surface area contributed by atoms with Crippen molar-refractivity contribution in [2.45, 2.75) is 30.3 Å². The van der Waals surface area contributed by atoms with E-state index < -0.39 is 0 Å². The number of nitrogens with zero attached hydrogens (tertiary/aromatic N) is 3. The monoisotopic (exact) mass is 288 g/mol. The normalized spacial score (nSPS) is 14.4. The van der Waals surface area contributed by atoms with Crippen LogP contribution in [0.4, 0.5) is 0 Å². The predicted octanol–water partition coefficient (Wildman–Crippen LogP) is 2.11. The van der Waals surface area contributed by atoms with Crippen molar-refractivity contribution < 1.29 is 4.79 Å². The van der Waals surface area contributed by atoms with E-state index in [9.17, 15) is 4.79 Å². The first-order valence-electron chi connectivity index (χ1n) is 6.67. The van der Waals surface area contributed by atoms with Crippen molar-refractivity contribution in [1.29, 1.82) is 0 Å². The third-order valence-electron chi connectivity index (χ3n) is 3.19. The van der Waals surface area contributed by atoms with Gasteiger partial charge in [0.1, 0.15) is 5.82 Å². The smallest absolute Gasteiger partial charge is 0.218 e. The zero-order valence-electron chi connectivity index (χ0n) is 11.0. The quantitative estimate of drug-likeness (QED) is 0.826. The van der Waals surface area contributed by atoms with Crippen molar-refractivity contribution >= 4 is 17.7 Å². The fraction of sp³-hybridized carbons (Fsp3) is 0.357. The third-order valence-corrected chi connectivity index (χ3v) is 4.13. The molecule has 2 aromatic rings. The number of hydrogen-bond donors (Lipinski definition) is 1. The molecule has 2 N–H and O–H groups in total. The van der Waals surface area contributed by atoms with Crippen molar-refractivity contribution in [3.8, 4) is 5.69 Å². The molecular formula is C14H16N4OS. The van der Waals surface area contributed by atoms with Gasteiger partial charge in [0, 0.05) is 23.8 Å². The zero-order valence-corrected chi connectivity index (χ0v) is 11.8. The summed E-state index contributed by atoms with van der Waals surface area (Å²) < 4.78 is 2.10. The Morgan fingerprint density at radius 1 is 1.30 bits per heavy atom. The molecule has 0 atom stereocenters. The van der Waals surface area contributed by atoms with Gasteiger partial charge in [0.25, 0.3) is 0 Å². The van der Waals surface area contributed by atoms with Crippen LogP contribution in [0.25, 0.3) is 5.69 Å². The number of amides is 1. The second-order valence-electron chi connectivity index (χ2n) is 4.85. The van der Waals surface area contributed by atoms with Gasteiger partial charge >= 0.3 is 0 Å². The summed E-state index contributed by atoms with van der Waals surface area (Å²) >= 11 is 1.52. The van der Waals surface area contributed by atoms with E-state index in [0.717, 1.165) is 16.7 Å². The van der Waals surface area contributed by atoms with E-state index in [0.29, 0.717) is 18.1 Å². The van der Waals surface area contributed by atoms with E-state index in [1.54, 1.807) is 0 Å². The van der Waals surface area contributed by atoms with Gasteiger partial charge in [-0.15, -0.1) is 10.2 Å². The number of nitrogens with two attached hydrogens (primary N) is 1. The van der Waals surface area contributed by atoms with Crippen LogP contribution in [0.1, 0.15) is 31.0 Å². The molecule has 0 radical (unpaired) electrons. The van der Waals surface area contributed by atoms with Crippen LogP contribution >= 0.6 is 11.8 Å². The summed E-state index contributed by atoms with van der Waals surface area (Å²) in [7, 11) is 0. The van der Waals surface area contributed by atoms with Gasteiger partial charge in [0.05, 0.1) is 0 Å². The summed E-state index contributed by atoms with van der Waals surface area (Å²) in [4.78, 5) is 10.8. The number of benzene rings is 1. The number of primary amides is 1. The zero-order chi connectivity index (χ0) is 13.9. The Balaban J connectivity index is 1.88. The Morgan fingerprint density at radius 3 is 2.70 bits per heavy atom. The van der Waals surface area contributed by atoms with Gasteiger partial charge in [-0.05, 0) is 25.0 Å². The molecule has 6 heteroatoms. The molecule has 20 heavy (non-hydrogen) atoms. The van der Waals surface area contributed by atoms with Crippen LogP contribution in [0, 0.1) is 0 Å². The van der Waals surface area contributed by atoms with Crippen molar-refractivity contribution in [2.75, 3.05) is 5.75 Å². The van der Waals surface area contributed by atoms with E-state index in [1.807, 2.05) is 30.3 Å². The summed E-state index contributed by atoms with van der Waals surface area (Å²) in [5, 5.41) is 9.44. The molecule has 104 valence electrons. The maximum absolute atomic E-state index is 10.8. The van der Waals surface area contributed by atoms with Crippen molar-refractivity contribution in [2.24, 2.45) is 5.73 Å². The van der Waals surface area contributed by atoms with Gasteiger partial charge in [-0.3, -0.25) is 9.36 Å². The Hall–Kier alpha value is -1.82. The van der Waals surface area contributed by atoms with E-state index in [-0.39, 0.29) is 5.91 Å². The second-order valence-corrected chi connectivity index (χ2v) is 5.91. The first-order chi connectivity index (χ1) is 9.75. The fourth-order valence-corrected chi connectivity index (χ4v) is 2.96. The molecule has 0 bridgehead atoms. The van der Waals surface area contributed by atoms with Gasteiger partial charge in [-0.1, -0.05) is 30.0 Å². The van der Waals surface area contributed by atoms with E-state index in [2.05, 4.69) is 14.8 Å². The number of aromatic nitrogens is 3. The van der Waals surface area contributed by atoms with E-state index in [1.165, 1.54) is 24.6 Å². The molecule has 3 rings (SSSR count). The van der Waals surface area contributed by atoms with Crippen molar-refractivity contribution in [3.63, 3.8) is 0 Å². The standard InChI is InChI=1S/C14H16N4OS/c15-12(19)8-9-20-14-17-16-13(10-6-7-10)18(14)11-4-2-1-3-5-11/h1-5,10H,6-9H2,(H2,15,19). The Kier molecular flexibility index (Phi) is 3.73. The highest BCUT2D eigenvalue weighted by Gasteiger charge is 2.30. The summed E-state index contributed by atoms with van der Waals surface area (Å²) in [6, 6.07) is 10.1. The van der Waals surface area contributed by atoms with Crippen molar-refractivity contribution in [3.05, 3.63) is 36.2 Å². The van der Waals surface area contributed by atoms with Crippen LogP contribution in [-0.4, -0.2) is 26.4 Å². The van der Waals surface area contributed by atoms with Crippen LogP contribution in [0.3, 0.4) is 0 Å². The summed E-state index contributed by atoms with van der Waals surface area (Å²) in [5.74, 6) is 1.89. The van der Waals surface area contributed by atoms with Gasteiger partial charge in [-0.2, -0.15) is 0 Å². The molecule has 0 spiro atoms. The van der Waals surface area contributed by atoms with Gasteiger partial charge < -0.3 is 5.73 Å². The molecule has 5 nitrogen and oxygen atoms in total. The molecular weight excluding hydrogens is 272 g/mol. The molecule has 0 saturated heterocycles. The van der Waals surface area contributed by atoms with Crippen LogP contribution in [0.5, 0.6) is 0 Å². The van der Waals surface area contributed by atoms with Crippen LogP contribution in [-0.2, 0) is 4.79 Å². The number of thioether (sulfide) groups is 1. The lowest BCUT2D eigenvalue weighted by molar-refractivity contribution is -0.117. The van der Waals surface area contributed by atoms with Crippen molar-refractivity contribution in [1.82, 2.24) is 14.8 Å².